The quantitative estimate of drug-likeness (QED) is 0.701. The van der Waals surface area contributed by atoms with Crippen LogP contribution in [-0.2, 0) is 0 Å². The number of piperidine rings is 1. The number of likely N-dealkylation sites (tertiary alicyclic amines) is 1. The zero-order valence-corrected chi connectivity index (χ0v) is 9.45. The van der Waals surface area contributed by atoms with E-state index in [1.54, 1.807) is 0 Å². The molecule has 3 unspecified atom stereocenters. The minimum atomic E-state index is 0.288. The third-order valence-electron chi connectivity index (χ3n) is 3.30. The second-order valence-corrected chi connectivity index (χ2v) is 4.77. The Morgan fingerprint density at radius 1 is 1.50 bits per heavy atom. The van der Waals surface area contributed by atoms with Gasteiger partial charge in [-0.05, 0) is 38.1 Å². The Balaban J connectivity index is 2.40. The molecule has 3 nitrogen and oxygen atoms in total. The van der Waals surface area contributed by atoms with Crippen molar-refractivity contribution in [3.8, 4) is 0 Å². The van der Waals surface area contributed by atoms with Crippen molar-refractivity contribution in [2.24, 2.45) is 17.6 Å². The van der Waals surface area contributed by atoms with Crippen LogP contribution in [-0.4, -0.2) is 42.3 Å². The van der Waals surface area contributed by atoms with Crippen molar-refractivity contribution in [1.29, 1.82) is 0 Å². The first kappa shape index (κ1) is 12.0. The van der Waals surface area contributed by atoms with Gasteiger partial charge in [0.05, 0.1) is 0 Å². The molecule has 1 rings (SSSR count). The Kier molecular flexibility index (Phi) is 4.85. The third kappa shape index (κ3) is 3.23. The minimum absolute atomic E-state index is 0.288. The molecule has 0 amide bonds. The van der Waals surface area contributed by atoms with Crippen molar-refractivity contribution in [2.45, 2.75) is 32.7 Å². The predicted octanol–water partition coefficient (Wildman–Crippen LogP) is 0.674. The Bertz CT molecular complexity index is 161. The standard InChI is InChI=1S/C11H24N2O/c1-9(8-14)6-13-7-11(5-12)4-3-10(13)2/h9-11,14H,3-8,12H2,1-2H3. The molecule has 1 aliphatic heterocycles. The number of hydrogen-bond donors (Lipinski definition) is 2. The highest BCUT2D eigenvalue weighted by molar-refractivity contribution is 4.80. The summed E-state index contributed by atoms with van der Waals surface area (Å²) in [5, 5.41) is 9.02. The molecule has 0 aliphatic carbocycles. The first-order chi connectivity index (χ1) is 6.67. The summed E-state index contributed by atoms with van der Waals surface area (Å²) in [6.45, 7) is 7.58. The van der Waals surface area contributed by atoms with Crippen molar-refractivity contribution in [3.05, 3.63) is 0 Å². The molecule has 3 N–H and O–H groups in total. The van der Waals surface area contributed by atoms with Gasteiger partial charge in [-0.25, -0.2) is 0 Å². The van der Waals surface area contributed by atoms with Crippen LogP contribution in [0.2, 0.25) is 0 Å². The molecule has 1 saturated heterocycles. The summed E-state index contributed by atoms with van der Waals surface area (Å²) in [5.41, 5.74) is 5.70. The molecule has 3 atom stereocenters. The lowest BCUT2D eigenvalue weighted by molar-refractivity contribution is 0.0883. The van der Waals surface area contributed by atoms with E-state index in [9.17, 15) is 0 Å². The Morgan fingerprint density at radius 2 is 2.21 bits per heavy atom. The molecule has 1 heterocycles. The molecule has 0 aromatic heterocycles. The second kappa shape index (κ2) is 5.69. The zero-order chi connectivity index (χ0) is 10.6. The Hall–Kier alpha value is -0.120. The summed E-state index contributed by atoms with van der Waals surface area (Å²) >= 11 is 0. The van der Waals surface area contributed by atoms with Gasteiger partial charge in [0.25, 0.3) is 0 Å². The van der Waals surface area contributed by atoms with Crippen molar-refractivity contribution >= 4 is 0 Å². The summed E-state index contributed by atoms with van der Waals surface area (Å²) < 4.78 is 0. The molecule has 0 saturated carbocycles. The van der Waals surface area contributed by atoms with Crippen molar-refractivity contribution in [1.82, 2.24) is 4.90 Å². The van der Waals surface area contributed by atoms with Crippen LogP contribution in [0.4, 0.5) is 0 Å². The van der Waals surface area contributed by atoms with Gasteiger partial charge < -0.3 is 10.8 Å². The van der Waals surface area contributed by atoms with Crippen LogP contribution in [0.25, 0.3) is 0 Å². The molecule has 1 fully saturated rings. The molecule has 14 heavy (non-hydrogen) atoms. The van der Waals surface area contributed by atoms with Gasteiger partial charge in [-0.1, -0.05) is 6.92 Å². The van der Waals surface area contributed by atoms with Gasteiger partial charge in [0.15, 0.2) is 0 Å². The van der Waals surface area contributed by atoms with Gasteiger partial charge in [0, 0.05) is 25.7 Å². The van der Waals surface area contributed by atoms with E-state index in [0.29, 0.717) is 17.9 Å². The lowest BCUT2D eigenvalue weighted by Gasteiger charge is -2.38. The maximum absolute atomic E-state index is 9.02. The topological polar surface area (TPSA) is 49.5 Å². The van der Waals surface area contributed by atoms with Crippen molar-refractivity contribution in [2.75, 3.05) is 26.2 Å². The highest BCUT2D eigenvalue weighted by Gasteiger charge is 2.25. The molecule has 0 radical (unpaired) electrons. The summed E-state index contributed by atoms with van der Waals surface area (Å²) in [5.74, 6) is 1.05. The first-order valence-electron chi connectivity index (χ1n) is 5.72. The fraction of sp³-hybridized carbons (Fsp3) is 1.00. The van der Waals surface area contributed by atoms with Crippen LogP contribution in [0.15, 0.2) is 0 Å². The van der Waals surface area contributed by atoms with E-state index in [1.807, 2.05) is 0 Å². The number of hydrogen-bond acceptors (Lipinski definition) is 3. The van der Waals surface area contributed by atoms with Gasteiger partial charge in [-0.15, -0.1) is 0 Å². The summed E-state index contributed by atoms with van der Waals surface area (Å²) in [6.07, 6.45) is 2.52. The normalized spacial score (nSPS) is 31.7. The second-order valence-electron chi connectivity index (χ2n) is 4.77. The molecule has 0 aromatic carbocycles. The molecular weight excluding hydrogens is 176 g/mol. The fourth-order valence-electron chi connectivity index (χ4n) is 2.17. The average molecular weight is 200 g/mol. The monoisotopic (exact) mass is 200 g/mol. The van der Waals surface area contributed by atoms with Gasteiger partial charge >= 0.3 is 0 Å². The first-order valence-corrected chi connectivity index (χ1v) is 5.72. The SMILES string of the molecule is CC(CO)CN1CC(CN)CCC1C. The van der Waals surface area contributed by atoms with Crippen LogP contribution >= 0.6 is 0 Å². The minimum Gasteiger partial charge on any atom is -0.396 e. The molecule has 1 aliphatic rings. The molecule has 0 bridgehead atoms. The van der Waals surface area contributed by atoms with Gasteiger partial charge in [-0.3, -0.25) is 4.90 Å². The molecule has 0 spiro atoms. The summed E-state index contributed by atoms with van der Waals surface area (Å²) in [7, 11) is 0. The number of nitrogens with two attached hydrogens (primary N) is 1. The Labute approximate surface area is 87.3 Å². The lowest BCUT2D eigenvalue weighted by Crippen LogP contribution is -2.45. The van der Waals surface area contributed by atoms with Crippen LogP contribution < -0.4 is 5.73 Å². The summed E-state index contributed by atoms with van der Waals surface area (Å²) in [6, 6.07) is 0.659. The largest absolute Gasteiger partial charge is 0.396 e. The number of aliphatic hydroxyl groups is 1. The van der Waals surface area contributed by atoms with Crippen molar-refractivity contribution < 1.29 is 5.11 Å². The van der Waals surface area contributed by atoms with Gasteiger partial charge in [0.1, 0.15) is 0 Å². The molecule has 0 aromatic rings. The smallest absolute Gasteiger partial charge is 0.0468 e. The third-order valence-corrected chi connectivity index (χ3v) is 3.30. The summed E-state index contributed by atoms with van der Waals surface area (Å²) in [4.78, 5) is 2.47. The van der Waals surface area contributed by atoms with E-state index in [2.05, 4.69) is 18.7 Å². The number of nitrogens with zero attached hydrogens (tertiary/aromatic N) is 1. The molecular formula is C11H24N2O. The van der Waals surface area contributed by atoms with E-state index in [-0.39, 0.29) is 6.61 Å². The highest BCUT2D eigenvalue weighted by atomic mass is 16.3. The van der Waals surface area contributed by atoms with E-state index in [4.69, 9.17) is 10.8 Å². The number of rotatable bonds is 4. The lowest BCUT2D eigenvalue weighted by atomic mass is 9.93. The van der Waals surface area contributed by atoms with E-state index in [1.165, 1.54) is 12.8 Å². The van der Waals surface area contributed by atoms with Gasteiger partial charge in [-0.2, -0.15) is 0 Å². The van der Waals surface area contributed by atoms with Crippen LogP contribution in [0, 0.1) is 11.8 Å². The van der Waals surface area contributed by atoms with Crippen LogP contribution in [0.1, 0.15) is 26.7 Å². The maximum atomic E-state index is 9.02. The Morgan fingerprint density at radius 3 is 2.79 bits per heavy atom. The maximum Gasteiger partial charge on any atom is 0.0468 e. The van der Waals surface area contributed by atoms with Crippen molar-refractivity contribution in [3.63, 3.8) is 0 Å². The zero-order valence-electron chi connectivity index (χ0n) is 9.45. The fourth-order valence-corrected chi connectivity index (χ4v) is 2.17. The molecule has 3 heteroatoms. The highest BCUT2D eigenvalue weighted by Crippen LogP contribution is 2.21. The van der Waals surface area contributed by atoms with E-state index < -0.39 is 0 Å². The van der Waals surface area contributed by atoms with E-state index >= 15 is 0 Å². The average Bonchev–Trinajstić information content (AvgIpc) is 2.21. The van der Waals surface area contributed by atoms with E-state index in [0.717, 1.165) is 19.6 Å². The van der Waals surface area contributed by atoms with Crippen LogP contribution in [0.3, 0.4) is 0 Å². The molecule has 84 valence electrons. The van der Waals surface area contributed by atoms with Crippen LogP contribution in [0.5, 0.6) is 0 Å². The number of aliphatic hydroxyl groups excluding tert-OH is 1. The van der Waals surface area contributed by atoms with Gasteiger partial charge in [0.2, 0.25) is 0 Å². The predicted molar refractivity (Wildman–Crippen MR) is 59.1 cm³/mol.